The highest BCUT2D eigenvalue weighted by Crippen LogP contribution is 2.32. The van der Waals surface area contributed by atoms with Crippen LogP contribution in [0.1, 0.15) is 19.4 Å². The molecule has 0 saturated carbocycles. The Kier molecular flexibility index (Phi) is 6.90. The first kappa shape index (κ1) is 18.7. The number of sulfonamides is 1. The van der Waals surface area contributed by atoms with Gasteiger partial charge in [0.2, 0.25) is 10.0 Å². The fraction of sp³-hybridized carbons (Fsp3) is 0.538. The Balaban J connectivity index is 3.37. The highest BCUT2D eigenvalue weighted by Gasteiger charge is 2.30. The number of rotatable bonds is 7. The van der Waals surface area contributed by atoms with E-state index in [-0.39, 0.29) is 46.3 Å². The summed E-state index contributed by atoms with van der Waals surface area (Å²) in [5, 5.41) is 9.45. The van der Waals surface area contributed by atoms with E-state index in [0.717, 1.165) is 0 Å². The zero-order chi connectivity index (χ0) is 16.2. The number of aliphatic hydroxyl groups excluding tert-OH is 1. The molecule has 1 rings (SSSR count). The first-order valence-electron chi connectivity index (χ1n) is 6.35. The first-order valence-corrected chi connectivity index (χ1v) is 8.54. The van der Waals surface area contributed by atoms with Crippen molar-refractivity contribution in [2.24, 2.45) is 0 Å². The SMILES string of the molecule is COCCN(C(C)C)S(=O)(=O)c1cc(Cl)cc(CO)c1Cl. The summed E-state index contributed by atoms with van der Waals surface area (Å²) >= 11 is 12.0. The molecule has 1 aromatic carbocycles. The maximum atomic E-state index is 12.8. The standard InChI is InChI=1S/C13H19Cl2NO4S/c1-9(2)16(4-5-20-3)21(18,19)12-7-11(14)6-10(8-17)13(12)15/h6-7,9,17H,4-5,8H2,1-3H3. The van der Waals surface area contributed by atoms with Crippen molar-refractivity contribution in [3.8, 4) is 0 Å². The second-order valence-corrected chi connectivity index (χ2v) is 7.41. The molecular formula is C13H19Cl2NO4S. The summed E-state index contributed by atoms with van der Waals surface area (Å²) in [7, 11) is -2.33. The van der Waals surface area contributed by atoms with Gasteiger partial charge in [-0.15, -0.1) is 0 Å². The summed E-state index contributed by atoms with van der Waals surface area (Å²) in [5.41, 5.74) is 0.276. The van der Waals surface area contributed by atoms with Crippen molar-refractivity contribution in [1.82, 2.24) is 4.31 Å². The third-order valence-electron chi connectivity index (χ3n) is 2.93. The zero-order valence-electron chi connectivity index (χ0n) is 12.1. The molecule has 0 radical (unpaired) electrons. The van der Waals surface area contributed by atoms with Gasteiger partial charge in [0.25, 0.3) is 0 Å². The molecule has 0 spiro atoms. The van der Waals surface area contributed by atoms with Crippen molar-refractivity contribution in [2.75, 3.05) is 20.3 Å². The molecule has 8 heteroatoms. The maximum absolute atomic E-state index is 12.8. The molecule has 0 bridgehead atoms. The van der Waals surface area contributed by atoms with E-state index in [1.807, 2.05) is 0 Å². The molecule has 0 aliphatic rings. The number of benzene rings is 1. The lowest BCUT2D eigenvalue weighted by molar-refractivity contribution is 0.171. The third kappa shape index (κ3) is 4.31. The highest BCUT2D eigenvalue weighted by molar-refractivity contribution is 7.89. The van der Waals surface area contributed by atoms with Crippen LogP contribution in [-0.4, -0.2) is 44.1 Å². The van der Waals surface area contributed by atoms with E-state index < -0.39 is 10.0 Å². The van der Waals surface area contributed by atoms with Crippen LogP contribution in [0, 0.1) is 0 Å². The molecule has 0 atom stereocenters. The van der Waals surface area contributed by atoms with Crippen LogP contribution < -0.4 is 0 Å². The molecule has 1 aromatic rings. The number of methoxy groups -OCH3 is 1. The Bertz CT molecular complexity index is 590. The second-order valence-electron chi connectivity index (χ2n) is 4.74. The minimum atomic E-state index is -3.83. The first-order chi connectivity index (χ1) is 9.75. The van der Waals surface area contributed by atoms with Gasteiger partial charge in [0, 0.05) is 24.7 Å². The number of aliphatic hydroxyl groups is 1. The molecule has 0 saturated heterocycles. The smallest absolute Gasteiger partial charge is 0.244 e. The van der Waals surface area contributed by atoms with Crippen molar-refractivity contribution < 1.29 is 18.3 Å². The molecule has 0 amide bonds. The Morgan fingerprint density at radius 3 is 2.43 bits per heavy atom. The van der Waals surface area contributed by atoms with Gasteiger partial charge >= 0.3 is 0 Å². The van der Waals surface area contributed by atoms with E-state index >= 15 is 0 Å². The molecule has 0 aliphatic carbocycles. The van der Waals surface area contributed by atoms with Crippen LogP contribution in [0.5, 0.6) is 0 Å². The van der Waals surface area contributed by atoms with Crippen molar-refractivity contribution >= 4 is 33.2 Å². The lowest BCUT2D eigenvalue weighted by atomic mass is 10.2. The minimum Gasteiger partial charge on any atom is -0.392 e. The van der Waals surface area contributed by atoms with Crippen molar-refractivity contribution in [1.29, 1.82) is 0 Å². The number of hydrogen-bond donors (Lipinski definition) is 1. The average molecular weight is 356 g/mol. The lowest BCUT2D eigenvalue weighted by Gasteiger charge is -2.26. The summed E-state index contributed by atoms with van der Waals surface area (Å²) in [6.07, 6.45) is 0. The number of hydrogen-bond acceptors (Lipinski definition) is 4. The Labute approximate surface area is 135 Å². The fourth-order valence-corrected chi connectivity index (χ4v) is 4.41. The summed E-state index contributed by atoms with van der Waals surface area (Å²) in [4.78, 5) is -0.106. The number of halogens is 2. The summed E-state index contributed by atoms with van der Waals surface area (Å²) in [6, 6.07) is 2.47. The predicted octanol–water partition coefficient (Wildman–Crippen LogP) is 2.53. The van der Waals surface area contributed by atoms with Crippen LogP contribution in [0.2, 0.25) is 10.0 Å². The van der Waals surface area contributed by atoms with E-state index in [4.69, 9.17) is 27.9 Å². The van der Waals surface area contributed by atoms with Gasteiger partial charge in [-0.2, -0.15) is 4.31 Å². The maximum Gasteiger partial charge on any atom is 0.244 e. The van der Waals surface area contributed by atoms with Crippen LogP contribution in [0.4, 0.5) is 0 Å². The van der Waals surface area contributed by atoms with Crippen LogP contribution in [-0.2, 0) is 21.4 Å². The summed E-state index contributed by atoms with van der Waals surface area (Å²) in [6.45, 7) is 3.61. The van der Waals surface area contributed by atoms with Crippen molar-refractivity contribution in [3.05, 3.63) is 27.7 Å². The van der Waals surface area contributed by atoms with Crippen LogP contribution in [0.3, 0.4) is 0 Å². The van der Waals surface area contributed by atoms with E-state index in [2.05, 4.69) is 0 Å². The van der Waals surface area contributed by atoms with Crippen molar-refractivity contribution in [2.45, 2.75) is 31.4 Å². The Morgan fingerprint density at radius 2 is 1.95 bits per heavy atom. The number of nitrogens with zero attached hydrogens (tertiary/aromatic N) is 1. The molecule has 0 unspecified atom stereocenters. The van der Waals surface area contributed by atoms with Gasteiger partial charge in [-0.1, -0.05) is 23.2 Å². The predicted molar refractivity (Wildman–Crippen MR) is 83.3 cm³/mol. The topological polar surface area (TPSA) is 66.8 Å². The molecule has 0 aliphatic heterocycles. The van der Waals surface area contributed by atoms with Gasteiger partial charge in [0.05, 0.1) is 18.2 Å². The zero-order valence-corrected chi connectivity index (χ0v) is 14.5. The van der Waals surface area contributed by atoms with E-state index in [1.165, 1.54) is 23.5 Å². The highest BCUT2D eigenvalue weighted by atomic mass is 35.5. The van der Waals surface area contributed by atoms with Gasteiger partial charge in [0.1, 0.15) is 4.90 Å². The van der Waals surface area contributed by atoms with E-state index in [0.29, 0.717) is 0 Å². The molecule has 1 N–H and O–H groups in total. The van der Waals surface area contributed by atoms with E-state index in [9.17, 15) is 13.5 Å². The Morgan fingerprint density at radius 1 is 1.33 bits per heavy atom. The van der Waals surface area contributed by atoms with E-state index in [1.54, 1.807) is 13.8 Å². The number of ether oxygens (including phenoxy) is 1. The largest absolute Gasteiger partial charge is 0.392 e. The molecule has 21 heavy (non-hydrogen) atoms. The van der Waals surface area contributed by atoms with Crippen LogP contribution in [0.15, 0.2) is 17.0 Å². The third-order valence-corrected chi connectivity index (χ3v) is 5.80. The summed E-state index contributed by atoms with van der Waals surface area (Å²) < 4.78 is 31.8. The quantitative estimate of drug-likeness (QED) is 0.815. The average Bonchev–Trinajstić information content (AvgIpc) is 2.40. The van der Waals surface area contributed by atoms with Gasteiger partial charge < -0.3 is 9.84 Å². The summed E-state index contributed by atoms with van der Waals surface area (Å²) in [5.74, 6) is 0. The van der Waals surface area contributed by atoms with Crippen LogP contribution >= 0.6 is 23.2 Å². The molecule has 0 heterocycles. The lowest BCUT2D eigenvalue weighted by Crippen LogP contribution is -2.39. The van der Waals surface area contributed by atoms with Gasteiger partial charge in [-0.25, -0.2) is 8.42 Å². The normalized spacial score (nSPS) is 12.4. The molecule has 120 valence electrons. The molecular weight excluding hydrogens is 337 g/mol. The van der Waals surface area contributed by atoms with Crippen LogP contribution in [0.25, 0.3) is 0 Å². The minimum absolute atomic E-state index is 0.00929. The fourth-order valence-electron chi connectivity index (χ4n) is 1.88. The van der Waals surface area contributed by atoms with Crippen molar-refractivity contribution in [3.63, 3.8) is 0 Å². The molecule has 0 aromatic heterocycles. The monoisotopic (exact) mass is 355 g/mol. The molecule has 0 fully saturated rings. The van der Waals surface area contributed by atoms with Gasteiger partial charge in [-0.3, -0.25) is 0 Å². The molecule has 5 nitrogen and oxygen atoms in total. The Hall–Kier alpha value is -0.370. The second kappa shape index (κ2) is 7.76. The van der Waals surface area contributed by atoms with Gasteiger partial charge in [-0.05, 0) is 31.5 Å². The van der Waals surface area contributed by atoms with Gasteiger partial charge in [0.15, 0.2) is 0 Å².